The van der Waals surface area contributed by atoms with Crippen LogP contribution in [-0.2, 0) is 0 Å². The van der Waals surface area contributed by atoms with Gasteiger partial charge in [0.15, 0.2) is 5.96 Å². The first-order chi connectivity index (χ1) is 10.7. The Morgan fingerprint density at radius 3 is 2.61 bits per heavy atom. The largest absolute Gasteiger partial charge is 0.396 e. The van der Waals surface area contributed by atoms with Crippen LogP contribution >= 0.6 is 24.0 Å². The van der Waals surface area contributed by atoms with E-state index in [1.54, 1.807) is 0 Å². The predicted molar refractivity (Wildman–Crippen MR) is 111 cm³/mol. The molecule has 1 rings (SSSR count). The van der Waals surface area contributed by atoms with Crippen LogP contribution in [-0.4, -0.2) is 36.8 Å². The number of hydrogen-bond acceptors (Lipinski definition) is 2. The first-order valence-electron chi connectivity index (χ1n) is 9.39. The van der Waals surface area contributed by atoms with Crippen molar-refractivity contribution in [1.82, 2.24) is 10.6 Å². The molecular weight excluding hydrogens is 401 g/mol. The number of aliphatic hydroxyl groups excluding tert-OH is 1. The van der Waals surface area contributed by atoms with Gasteiger partial charge in [0.1, 0.15) is 0 Å². The molecule has 0 radical (unpaired) electrons. The Balaban J connectivity index is 0.00000484. The molecule has 0 aromatic heterocycles. The van der Waals surface area contributed by atoms with Gasteiger partial charge in [0, 0.05) is 25.7 Å². The number of nitrogens with zero attached hydrogens (tertiary/aromatic N) is 1. The fourth-order valence-corrected chi connectivity index (χ4v) is 3.44. The van der Waals surface area contributed by atoms with Crippen LogP contribution in [0.3, 0.4) is 0 Å². The number of rotatable bonds is 9. The highest BCUT2D eigenvalue weighted by Gasteiger charge is 2.21. The zero-order valence-electron chi connectivity index (χ0n) is 15.3. The van der Waals surface area contributed by atoms with Crippen molar-refractivity contribution in [3.63, 3.8) is 0 Å². The second-order valence-corrected chi connectivity index (χ2v) is 6.67. The number of halogens is 1. The highest BCUT2D eigenvalue weighted by molar-refractivity contribution is 14.0. The average Bonchev–Trinajstić information content (AvgIpc) is 2.53. The lowest BCUT2D eigenvalue weighted by molar-refractivity contribution is 0.253. The van der Waals surface area contributed by atoms with Gasteiger partial charge in [0.25, 0.3) is 0 Å². The second-order valence-electron chi connectivity index (χ2n) is 6.67. The predicted octanol–water partition coefficient (Wildman–Crippen LogP) is 3.93. The Hall–Kier alpha value is -0.0400. The summed E-state index contributed by atoms with van der Waals surface area (Å²) in [5, 5.41) is 16.2. The summed E-state index contributed by atoms with van der Waals surface area (Å²) in [5.74, 6) is 2.33. The summed E-state index contributed by atoms with van der Waals surface area (Å²) in [4.78, 5) is 4.78. The maximum absolute atomic E-state index is 9.17. The van der Waals surface area contributed by atoms with Gasteiger partial charge in [-0.2, -0.15) is 0 Å². The maximum Gasteiger partial charge on any atom is 0.191 e. The lowest BCUT2D eigenvalue weighted by Gasteiger charge is -2.30. The first kappa shape index (κ1) is 23.0. The van der Waals surface area contributed by atoms with E-state index in [0.29, 0.717) is 12.0 Å². The summed E-state index contributed by atoms with van der Waals surface area (Å²) >= 11 is 0. The minimum absolute atomic E-state index is 0. The molecule has 138 valence electrons. The minimum Gasteiger partial charge on any atom is -0.396 e. The molecule has 0 spiro atoms. The van der Waals surface area contributed by atoms with E-state index in [1.807, 2.05) is 0 Å². The van der Waals surface area contributed by atoms with Crippen molar-refractivity contribution < 1.29 is 5.11 Å². The molecule has 0 bridgehead atoms. The van der Waals surface area contributed by atoms with Crippen molar-refractivity contribution in [2.45, 2.75) is 78.2 Å². The zero-order valence-corrected chi connectivity index (χ0v) is 17.6. The van der Waals surface area contributed by atoms with E-state index in [0.717, 1.165) is 44.2 Å². The van der Waals surface area contributed by atoms with Crippen molar-refractivity contribution in [1.29, 1.82) is 0 Å². The van der Waals surface area contributed by atoms with E-state index in [1.165, 1.54) is 32.1 Å². The molecule has 3 unspecified atom stereocenters. The fraction of sp³-hybridized carbons (Fsp3) is 0.944. The minimum atomic E-state index is 0. The van der Waals surface area contributed by atoms with Crippen LogP contribution < -0.4 is 10.6 Å². The molecule has 0 aromatic rings. The van der Waals surface area contributed by atoms with Crippen LogP contribution in [0.1, 0.15) is 72.1 Å². The van der Waals surface area contributed by atoms with Crippen molar-refractivity contribution in [2.24, 2.45) is 16.8 Å². The Morgan fingerprint density at radius 1 is 1.22 bits per heavy atom. The highest BCUT2D eigenvalue weighted by Crippen LogP contribution is 2.26. The van der Waals surface area contributed by atoms with Crippen LogP contribution in [0.2, 0.25) is 0 Å². The summed E-state index contributed by atoms with van der Waals surface area (Å²) in [6.45, 7) is 8.60. The topological polar surface area (TPSA) is 56.7 Å². The number of aliphatic hydroxyl groups is 1. The van der Waals surface area contributed by atoms with Gasteiger partial charge in [-0.3, -0.25) is 4.99 Å². The van der Waals surface area contributed by atoms with Crippen LogP contribution in [0, 0.1) is 11.8 Å². The molecule has 1 aliphatic carbocycles. The molecule has 5 heteroatoms. The Kier molecular flexibility index (Phi) is 14.3. The monoisotopic (exact) mass is 439 g/mol. The van der Waals surface area contributed by atoms with Crippen molar-refractivity contribution in [3.05, 3.63) is 0 Å². The second kappa shape index (κ2) is 14.3. The number of aliphatic imine (C=N–C) groups is 1. The van der Waals surface area contributed by atoms with Crippen LogP contribution in [0.15, 0.2) is 4.99 Å². The average molecular weight is 439 g/mol. The van der Waals surface area contributed by atoms with E-state index in [4.69, 9.17) is 10.1 Å². The van der Waals surface area contributed by atoms with Crippen molar-refractivity contribution >= 4 is 29.9 Å². The molecule has 23 heavy (non-hydrogen) atoms. The molecule has 4 nitrogen and oxygen atoms in total. The van der Waals surface area contributed by atoms with E-state index in [-0.39, 0.29) is 30.6 Å². The molecule has 1 aliphatic rings. The maximum atomic E-state index is 9.17. The molecule has 0 aromatic carbocycles. The molecule has 3 atom stereocenters. The third kappa shape index (κ3) is 9.75. The smallest absolute Gasteiger partial charge is 0.191 e. The zero-order chi connectivity index (χ0) is 16.2. The molecule has 0 amide bonds. The van der Waals surface area contributed by atoms with E-state index in [9.17, 15) is 0 Å². The van der Waals surface area contributed by atoms with Crippen LogP contribution in [0.25, 0.3) is 0 Å². The number of guanidine groups is 1. The van der Waals surface area contributed by atoms with Gasteiger partial charge in [-0.05, 0) is 44.4 Å². The molecule has 1 saturated carbocycles. The Labute approximate surface area is 160 Å². The quantitative estimate of drug-likeness (QED) is 0.290. The number of hydrogen-bond donors (Lipinski definition) is 3. The molecule has 1 fully saturated rings. The highest BCUT2D eigenvalue weighted by atomic mass is 127. The first-order valence-corrected chi connectivity index (χ1v) is 9.39. The molecule has 3 N–H and O–H groups in total. The summed E-state index contributed by atoms with van der Waals surface area (Å²) in [7, 11) is 0. The lowest BCUT2D eigenvalue weighted by atomic mass is 9.84. The lowest BCUT2D eigenvalue weighted by Crippen LogP contribution is -2.45. The normalized spacial score (nSPS) is 23.0. The standard InChI is InChI=1S/C18H37N3O.HI/c1-4-8-16(11-12-22)14-20-18(19-6-3)21-17-10-7-9-15(5-2)13-17;/h15-17,22H,4-14H2,1-3H3,(H2,19,20,21);1H. The SMILES string of the molecule is CCCC(CCO)CN=C(NCC)NC1CCCC(CC)C1.I. The van der Waals surface area contributed by atoms with Gasteiger partial charge in [0.2, 0.25) is 0 Å². The molecule has 0 heterocycles. The van der Waals surface area contributed by atoms with Crippen molar-refractivity contribution in [3.8, 4) is 0 Å². The van der Waals surface area contributed by atoms with Crippen LogP contribution in [0.5, 0.6) is 0 Å². The van der Waals surface area contributed by atoms with Gasteiger partial charge in [0.05, 0.1) is 0 Å². The molecule has 0 aliphatic heterocycles. The number of nitrogens with one attached hydrogen (secondary N) is 2. The van der Waals surface area contributed by atoms with Gasteiger partial charge in [-0.25, -0.2) is 0 Å². The summed E-state index contributed by atoms with van der Waals surface area (Å²) in [6, 6.07) is 0.568. The van der Waals surface area contributed by atoms with Crippen molar-refractivity contribution in [2.75, 3.05) is 19.7 Å². The van der Waals surface area contributed by atoms with E-state index < -0.39 is 0 Å². The summed E-state index contributed by atoms with van der Waals surface area (Å²) in [6.07, 6.45) is 9.71. The Morgan fingerprint density at radius 2 is 2.00 bits per heavy atom. The van der Waals surface area contributed by atoms with Gasteiger partial charge in [-0.15, -0.1) is 24.0 Å². The molecule has 0 saturated heterocycles. The van der Waals surface area contributed by atoms with Gasteiger partial charge < -0.3 is 15.7 Å². The Bertz CT molecular complexity index is 307. The van der Waals surface area contributed by atoms with Gasteiger partial charge >= 0.3 is 0 Å². The molecular formula is C18H38IN3O. The van der Waals surface area contributed by atoms with E-state index >= 15 is 0 Å². The summed E-state index contributed by atoms with van der Waals surface area (Å²) < 4.78 is 0. The summed E-state index contributed by atoms with van der Waals surface area (Å²) in [5.41, 5.74) is 0. The third-order valence-corrected chi connectivity index (χ3v) is 4.79. The van der Waals surface area contributed by atoms with Gasteiger partial charge in [-0.1, -0.05) is 39.5 Å². The fourth-order valence-electron chi connectivity index (χ4n) is 3.44. The van der Waals surface area contributed by atoms with Crippen LogP contribution in [0.4, 0.5) is 0 Å². The van der Waals surface area contributed by atoms with E-state index in [2.05, 4.69) is 31.4 Å². The third-order valence-electron chi connectivity index (χ3n) is 4.79.